The van der Waals surface area contributed by atoms with Crippen LogP contribution in [-0.4, -0.2) is 29.7 Å². The van der Waals surface area contributed by atoms with Gasteiger partial charge in [0.25, 0.3) is 0 Å². The van der Waals surface area contributed by atoms with Gasteiger partial charge in [0.15, 0.2) is 0 Å². The molecule has 0 fully saturated rings. The Hall–Kier alpha value is -1.46. The van der Waals surface area contributed by atoms with Crippen LogP contribution in [0.5, 0.6) is 0 Å². The Balaban J connectivity index is 3.25. The minimum Gasteiger partial charge on any atom is -0.423 e. The summed E-state index contributed by atoms with van der Waals surface area (Å²) in [5.74, 6) is 0. The van der Waals surface area contributed by atoms with Crippen molar-refractivity contribution in [3.8, 4) is 0 Å². The first-order valence-corrected chi connectivity index (χ1v) is 3.59. The molecule has 0 saturated heterocycles. The summed E-state index contributed by atoms with van der Waals surface area (Å²) in [4.78, 5) is 20.8. The van der Waals surface area contributed by atoms with Crippen molar-refractivity contribution in [3.05, 3.63) is 29.3 Å². The summed E-state index contributed by atoms with van der Waals surface area (Å²) >= 11 is 0. The third kappa shape index (κ3) is 2.02. The van der Waals surface area contributed by atoms with Gasteiger partial charge in [-0.25, -0.2) is 0 Å². The molecule has 1 rings (SSSR count). The van der Waals surface area contributed by atoms with Gasteiger partial charge in [-0.15, -0.1) is 0 Å². The zero-order valence-corrected chi connectivity index (χ0v) is 6.68. The van der Waals surface area contributed by atoms with Crippen LogP contribution in [0.2, 0.25) is 0 Å². The van der Waals surface area contributed by atoms with E-state index in [1.54, 1.807) is 0 Å². The zero-order valence-electron chi connectivity index (χ0n) is 6.68. The maximum absolute atomic E-state index is 10.4. The monoisotopic (exact) mass is 178 g/mol. The Morgan fingerprint density at radius 3 is 2.31 bits per heavy atom. The van der Waals surface area contributed by atoms with Crippen molar-refractivity contribution in [1.82, 2.24) is 0 Å². The van der Waals surface area contributed by atoms with Crippen LogP contribution in [0.1, 0.15) is 20.7 Å². The van der Waals surface area contributed by atoms with Crippen molar-refractivity contribution in [3.63, 3.8) is 0 Å². The van der Waals surface area contributed by atoms with Crippen LogP contribution < -0.4 is 5.46 Å². The summed E-state index contributed by atoms with van der Waals surface area (Å²) in [5, 5.41) is 17.7. The van der Waals surface area contributed by atoms with Crippen molar-refractivity contribution < 1.29 is 19.6 Å². The smallest absolute Gasteiger partial charge is 0.423 e. The van der Waals surface area contributed by atoms with Crippen molar-refractivity contribution in [2.24, 2.45) is 0 Å². The average molecular weight is 178 g/mol. The molecule has 0 bridgehead atoms. The van der Waals surface area contributed by atoms with Crippen LogP contribution >= 0.6 is 0 Å². The van der Waals surface area contributed by atoms with E-state index in [9.17, 15) is 9.59 Å². The topological polar surface area (TPSA) is 74.6 Å². The number of hydrogen-bond donors (Lipinski definition) is 2. The number of carbonyl (C=O) groups excluding carboxylic acids is 2. The summed E-state index contributed by atoms with van der Waals surface area (Å²) in [6.45, 7) is 0. The highest BCUT2D eigenvalue weighted by Crippen LogP contribution is 1.98. The zero-order chi connectivity index (χ0) is 9.84. The summed E-state index contributed by atoms with van der Waals surface area (Å²) in [7, 11) is -1.74. The lowest BCUT2D eigenvalue weighted by atomic mass is 9.76. The summed E-state index contributed by atoms with van der Waals surface area (Å²) in [6, 6.07) is 4.06. The normalized spacial score (nSPS) is 9.38. The average Bonchev–Trinajstić information content (AvgIpc) is 2.16. The van der Waals surface area contributed by atoms with Gasteiger partial charge in [-0.2, -0.15) is 0 Å². The quantitative estimate of drug-likeness (QED) is 0.459. The molecule has 0 radical (unpaired) electrons. The third-order valence-corrected chi connectivity index (χ3v) is 1.65. The van der Waals surface area contributed by atoms with E-state index in [0.717, 1.165) is 0 Å². The molecule has 13 heavy (non-hydrogen) atoms. The second-order valence-corrected chi connectivity index (χ2v) is 2.50. The fourth-order valence-electron chi connectivity index (χ4n) is 0.997. The van der Waals surface area contributed by atoms with E-state index >= 15 is 0 Å². The van der Waals surface area contributed by atoms with Gasteiger partial charge in [-0.1, -0.05) is 18.2 Å². The van der Waals surface area contributed by atoms with E-state index in [0.29, 0.717) is 18.1 Å². The van der Waals surface area contributed by atoms with Crippen LogP contribution in [0.3, 0.4) is 0 Å². The predicted molar refractivity (Wildman–Crippen MR) is 47.0 cm³/mol. The van der Waals surface area contributed by atoms with Gasteiger partial charge in [0.1, 0.15) is 12.6 Å². The van der Waals surface area contributed by atoms with Crippen LogP contribution in [0.4, 0.5) is 0 Å². The summed E-state index contributed by atoms with van der Waals surface area (Å²) in [5.41, 5.74) is 0.508. The molecule has 0 unspecified atom stereocenters. The van der Waals surface area contributed by atoms with Crippen LogP contribution in [0, 0.1) is 0 Å². The van der Waals surface area contributed by atoms with Gasteiger partial charge in [0.2, 0.25) is 0 Å². The molecule has 1 aromatic carbocycles. The van der Waals surface area contributed by atoms with E-state index < -0.39 is 7.12 Å². The van der Waals surface area contributed by atoms with Crippen molar-refractivity contribution in [1.29, 1.82) is 0 Å². The molecule has 0 aromatic heterocycles. The predicted octanol–water partition coefficient (Wildman–Crippen LogP) is -1.01. The lowest BCUT2D eigenvalue weighted by Crippen LogP contribution is -2.33. The van der Waals surface area contributed by atoms with E-state index in [-0.39, 0.29) is 11.0 Å². The molecule has 2 N–H and O–H groups in total. The van der Waals surface area contributed by atoms with Crippen molar-refractivity contribution in [2.45, 2.75) is 0 Å². The molecule has 5 heteroatoms. The van der Waals surface area contributed by atoms with Gasteiger partial charge in [0, 0.05) is 11.1 Å². The van der Waals surface area contributed by atoms with Crippen LogP contribution in [-0.2, 0) is 0 Å². The number of hydrogen-bond acceptors (Lipinski definition) is 4. The first-order valence-electron chi connectivity index (χ1n) is 3.59. The highest BCUT2D eigenvalue weighted by atomic mass is 16.4. The Kier molecular flexibility index (Phi) is 2.95. The standard InChI is InChI=1S/C8H7BO4/c10-4-6-1-2-7(5-11)8(3-6)9(12)13/h1-5,12-13H. The molecule has 0 aliphatic carbocycles. The highest BCUT2D eigenvalue weighted by molar-refractivity contribution is 6.60. The fraction of sp³-hybridized carbons (Fsp3) is 0. The lowest BCUT2D eigenvalue weighted by Gasteiger charge is -2.02. The van der Waals surface area contributed by atoms with Crippen LogP contribution in [0.15, 0.2) is 18.2 Å². The summed E-state index contributed by atoms with van der Waals surface area (Å²) in [6.07, 6.45) is 1.07. The molecule has 4 nitrogen and oxygen atoms in total. The largest absolute Gasteiger partial charge is 0.489 e. The minimum absolute atomic E-state index is 0.0413. The van der Waals surface area contributed by atoms with Gasteiger partial charge < -0.3 is 10.0 Å². The third-order valence-electron chi connectivity index (χ3n) is 1.65. The number of aldehydes is 2. The second kappa shape index (κ2) is 3.98. The maximum Gasteiger partial charge on any atom is 0.489 e. The molecule has 66 valence electrons. The Morgan fingerprint density at radius 1 is 1.15 bits per heavy atom. The summed E-state index contributed by atoms with van der Waals surface area (Å²) < 4.78 is 0. The van der Waals surface area contributed by atoms with Gasteiger partial charge in [-0.05, 0) is 5.46 Å². The molecule has 0 amide bonds. The van der Waals surface area contributed by atoms with Gasteiger partial charge in [-0.3, -0.25) is 9.59 Å². The van der Waals surface area contributed by atoms with E-state index in [4.69, 9.17) is 10.0 Å². The molecule has 0 spiro atoms. The molecular weight excluding hydrogens is 171 g/mol. The molecular formula is C8H7BO4. The molecule has 0 aliphatic heterocycles. The van der Waals surface area contributed by atoms with Crippen LogP contribution in [0.25, 0.3) is 0 Å². The number of benzene rings is 1. The van der Waals surface area contributed by atoms with E-state index in [1.807, 2.05) is 0 Å². The number of rotatable bonds is 3. The first-order chi connectivity index (χ1) is 6.19. The second-order valence-electron chi connectivity index (χ2n) is 2.50. The number of carbonyl (C=O) groups is 2. The Bertz CT molecular complexity index is 335. The van der Waals surface area contributed by atoms with Gasteiger partial charge >= 0.3 is 7.12 Å². The van der Waals surface area contributed by atoms with E-state index in [2.05, 4.69) is 0 Å². The lowest BCUT2D eigenvalue weighted by molar-refractivity contribution is 0.111. The molecule has 1 aromatic rings. The highest BCUT2D eigenvalue weighted by Gasteiger charge is 2.15. The molecule has 0 heterocycles. The maximum atomic E-state index is 10.4. The van der Waals surface area contributed by atoms with E-state index in [1.165, 1.54) is 18.2 Å². The minimum atomic E-state index is -1.74. The Morgan fingerprint density at radius 2 is 1.85 bits per heavy atom. The molecule has 0 atom stereocenters. The first kappa shape index (κ1) is 9.63. The molecule has 0 aliphatic rings. The van der Waals surface area contributed by atoms with Gasteiger partial charge in [0.05, 0.1) is 0 Å². The van der Waals surface area contributed by atoms with Crippen molar-refractivity contribution in [2.75, 3.05) is 0 Å². The Labute approximate surface area is 75.0 Å². The van der Waals surface area contributed by atoms with Crippen molar-refractivity contribution >= 4 is 25.2 Å². The fourth-order valence-corrected chi connectivity index (χ4v) is 0.997. The SMILES string of the molecule is O=Cc1ccc(C=O)c(B(O)O)c1. The molecule has 0 saturated carbocycles.